The summed E-state index contributed by atoms with van der Waals surface area (Å²) in [7, 11) is 0. The lowest BCUT2D eigenvalue weighted by Gasteiger charge is -2.23. The summed E-state index contributed by atoms with van der Waals surface area (Å²) < 4.78 is 0. The van der Waals surface area contributed by atoms with Crippen LogP contribution in [0.4, 0.5) is 0 Å². The Bertz CT molecular complexity index is 324. The Morgan fingerprint density at radius 3 is 2.44 bits per heavy atom. The first-order valence-corrected chi connectivity index (χ1v) is 5.80. The molecule has 0 bridgehead atoms. The monoisotopic (exact) mass is 220 g/mol. The highest BCUT2D eigenvalue weighted by Crippen LogP contribution is 2.12. The van der Waals surface area contributed by atoms with Crippen LogP contribution in [0.25, 0.3) is 0 Å². The minimum Gasteiger partial charge on any atom is -0.341 e. The number of amides is 1. The second kappa shape index (κ2) is 6.28. The first kappa shape index (κ1) is 12.7. The van der Waals surface area contributed by atoms with Gasteiger partial charge in [0, 0.05) is 13.1 Å². The van der Waals surface area contributed by atoms with Gasteiger partial charge in [0.2, 0.25) is 5.91 Å². The second-order valence-electron chi connectivity index (χ2n) is 3.81. The van der Waals surface area contributed by atoms with Crippen molar-refractivity contribution >= 4 is 5.91 Å². The van der Waals surface area contributed by atoms with Crippen LogP contribution >= 0.6 is 0 Å². The van der Waals surface area contributed by atoms with E-state index in [0.29, 0.717) is 6.54 Å². The van der Waals surface area contributed by atoms with Crippen molar-refractivity contribution in [3.05, 3.63) is 35.9 Å². The SMILES string of the molecule is CCCN(CC)C(=O)[C@@H](N)c1ccccc1. The van der Waals surface area contributed by atoms with Crippen LogP contribution in [0.2, 0.25) is 0 Å². The normalized spacial score (nSPS) is 12.2. The van der Waals surface area contributed by atoms with E-state index >= 15 is 0 Å². The Morgan fingerprint density at radius 2 is 1.94 bits per heavy atom. The smallest absolute Gasteiger partial charge is 0.244 e. The zero-order valence-electron chi connectivity index (χ0n) is 10.0. The maximum Gasteiger partial charge on any atom is 0.244 e. The van der Waals surface area contributed by atoms with Crippen LogP contribution in [0.5, 0.6) is 0 Å². The van der Waals surface area contributed by atoms with Crippen LogP contribution in [-0.4, -0.2) is 23.9 Å². The zero-order chi connectivity index (χ0) is 12.0. The van der Waals surface area contributed by atoms with E-state index in [2.05, 4.69) is 6.92 Å². The molecule has 1 amide bonds. The van der Waals surface area contributed by atoms with Crippen LogP contribution in [0.1, 0.15) is 31.9 Å². The quantitative estimate of drug-likeness (QED) is 0.824. The van der Waals surface area contributed by atoms with E-state index in [1.165, 1.54) is 0 Å². The number of carbonyl (C=O) groups is 1. The molecule has 1 aromatic carbocycles. The lowest BCUT2D eigenvalue weighted by atomic mass is 10.1. The van der Waals surface area contributed by atoms with Gasteiger partial charge in [0.1, 0.15) is 6.04 Å². The second-order valence-corrected chi connectivity index (χ2v) is 3.81. The Hall–Kier alpha value is -1.35. The van der Waals surface area contributed by atoms with Gasteiger partial charge in [-0.05, 0) is 18.9 Å². The fourth-order valence-electron chi connectivity index (χ4n) is 1.69. The minimum absolute atomic E-state index is 0.00977. The molecule has 0 saturated carbocycles. The van der Waals surface area contributed by atoms with Gasteiger partial charge in [-0.25, -0.2) is 0 Å². The molecule has 1 rings (SSSR count). The number of nitrogens with two attached hydrogens (primary N) is 1. The number of benzene rings is 1. The first-order valence-electron chi connectivity index (χ1n) is 5.80. The summed E-state index contributed by atoms with van der Waals surface area (Å²) in [6, 6.07) is 8.97. The van der Waals surface area contributed by atoms with Crippen molar-refractivity contribution in [1.29, 1.82) is 0 Å². The molecule has 0 aliphatic heterocycles. The molecule has 0 heterocycles. The van der Waals surface area contributed by atoms with Crippen molar-refractivity contribution in [3.63, 3.8) is 0 Å². The van der Waals surface area contributed by atoms with Crippen molar-refractivity contribution in [2.75, 3.05) is 13.1 Å². The van der Waals surface area contributed by atoms with E-state index in [-0.39, 0.29) is 5.91 Å². The fraction of sp³-hybridized carbons (Fsp3) is 0.462. The molecule has 88 valence electrons. The van der Waals surface area contributed by atoms with Crippen molar-refractivity contribution < 1.29 is 4.79 Å². The average molecular weight is 220 g/mol. The van der Waals surface area contributed by atoms with Crippen molar-refractivity contribution in [2.45, 2.75) is 26.3 Å². The van der Waals surface area contributed by atoms with Crippen LogP contribution in [0.3, 0.4) is 0 Å². The van der Waals surface area contributed by atoms with E-state index in [9.17, 15) is 4.79 Å². The lowest BCUT2D eigenvalue weighted by Crippen LogP contribution is -2.38. The summed E-state index contributed by atoms with van der Waals surface area (Å²) in [6.45, 7) is 5.53. The Balaban J connectivity index is 2.73. The van der Waals surface area contributed by atoms with Gasteiger partial charge in [-0.2, -0.15) is 0 Å². The van der Waals surface area contributed by atoms with Gasteiger partial charge in [0.25, 0.3) is 0 Å². The maximum atomic E-state index is 12.1. The molecule has 0 radical (unpaired) electrons. The molecule has 3 nitrogen and oxygen atoms in total. The standard InChI is InChI=1S/C13H20N2O/c1-3-10-15(4-2)13(16)12(14)11-8-6-5-7-9-11/h5-9,12H,3-4,10,14H2,1-2H3/t12-/m0/s1. The third-order valence-corrected chi connectivity index (χ3v) is 2.61. The van der Waals surface area contributed by atoms with Gasteiger partial charge in [-0.15, -0.1) is 0 Å². The van der Waals surface area contributed by atoms with E-state index in [4.69, 9.17) is 5.73 Å². The molecule has 0 aromatic heterocycles. The van der Waals surface area contributed by atoms with Crippen LogP contribution in [0, 0.1) is 0 Å². The Kier molecular flexibility index (Phi) is 4.99. The van der Waals surface area contributed by atoms with E-state index in [0.717, 1.165) is 18.5 Å². The number of likely N-dealkylation sites (N-methyl/N-ethyl adjacent to an activating group) is 1. The zero-order valence-corrected chi connectivity index (χ0v) is 10.0. The highest BCUT2D eigenvalue weighted by Gasteiger charge is 2.20. The van der Waals surface area contributed by atoms with Crippen LogP contribution < -0.4 is 5.73 Å². The average Bonchev–Trinajstić information content (AvgIpc) is 2.35. The van der Waals surface area contributed by atoms with Gasteiger partial charge >= 0.3 is 0 Å². The first-order chi connectivity index (χ1) is 7.70. The van der Waals surface area contributed by atoms with Gasteiger partial charge in [-0.1, -0.05) is 37.3 Å². The van der Waals surface area contributed by atoms with E-state index in [1.807, 2.05) is 37.3 Å². The third kappa shape index (κ3) is 3.07. The summed E-state index contributed by atoms with van der Waals surface area (Å²) in [5, 5.41) is 0. The van der Waals surface area contributed by atoms with Crippen molar-refractivity contribution in [3.8, 4) is 0 Å². The summed E-state index contributed by atoms with van der Waals surface area (Å²) >= 11 is 0. The summed E-state index contributed by atoms with van der Waals surface area (Å²) in [5.41, 5.74) is 6.83. The molecule has 0 aliphatic rings. The predicted molar refractivity (Wildman–Crippen MR) is 65.9 cm³/mol. The molecule has 2 N–H and O–H groups in total. The fourth-order valence-corrected chi connectivity index (χ4v) is 1.69. The highest BCUT2D eigenvalue weighted by atomic mass is 16.2. The van der Waals surface area contributed by atoms with Gasteiger partial charge in [0.05, 0.1) is 0 Å². The maximum absolute atomic E-state index is 12.1. The van der Waals surface area contributed by atoms with Gasteiger partial charge < -0.3 is 10.6 Å². The molecule has 1 atom stereocenters. The molecule has 0 aliphatic carbocycles. The van der Waals surface area contributed by atoms with Crippen molar-refractivity contribution in [1.82, 2.24) is 4.90 Å². The summed E-state index contributed by atoms with van der Waals surface area (Å²) in [5.74, 6) is 0.00977. The molecule has 0 spiro atoms. The molecular formula is C13H20N2O. The lowest BCUT2D eigenvalue weighted by molar-refractivity contribution is -0.132. The molecular weight excluding hydrogens is 200 g/mol. The van der Waals surface area contributed by atoms with Crippen molar-refractivity contribution in [2.24, 2.45) is 5.73 Å². The minimum atomic E-state index is -0.535. The van der Waals surface area contributed by atoms with E-state index < -0.39 is 6.04 Å². The summed E-state index contributed by atoms with van der Waals surface area (Å²) in [6.07, 6.45) is 0.959. The number of hydrogen-bond donors (Lipinski definition) is 1. The molecule has 16 heavy (non-hydrogen) atoms. The molecule has 0 unspecified atom stereocenters. The van der Waals surface area contributed by atoms with Gasteiger partial charge in [0.15, 0.2) is 0 Å². The number of rotatable bonds is 5. The molecule has 0 saturated heterocycles. The highest BCUT2D eigenvalue weighted by molar-refractivity contribution is 5.83. The van der Waals surface area contributed by atoms with E-state index in [1.54, 1.807) is 4.90 Å². The number of nitrogens with zero attached hydrogens (tertiary/aromatic N) is 1. The number of hydrogen-bond acceptors (Lipinski definition) is 2. The number of carbonyl (C=O) groups excluding carboxylic acids is 1. The Labute approximate surface area is 97.2 Å². The van der Waals surface area contributed by atoms with Crippen LogP contribution in [0.15, 0.2) is 30.3 Å². The molecule has 1 aromatic rings. The molecule has 0 fully saturated rings. The predicted octanol–water partition coefficient (Wildman–Crippen LogP) is 1.94. The largest absolute Gasteiger partial charge is 0.341 e. The topological polar surface area (TPSA) is 46.3 Å². The summed E-state index contributed by atoms with van der Waals surface area (Å²) in [4.78, 5) is 13.9. The Morgan fingerprint density at radius 1 is 1.31 bits per heavy atom. The third-order valence-electron chi connectivity index (χ3n) is 2.61. The van der Waals surface area contributed by atoms with Gasteiger partial charge in [-0.3, -0.25) is 4.79 Å². The van der Waals surface area contributed by atoms with Crippen LogP contribution in [-0.2, 0) is 4.79 Å². The molecule has 3 heteroatoms.